The maximum Gasteiger partial charge on any atom is 0.269 e. The van der Waals surface area contributed by atoms with Crippen LogP contribution < -0.4 is 31.1 Å². The van der Waals surface area contributed by atoms with Crippen molar-refractivity contribution in [3.05, 3.63) is 284 Å². The number of aliphatic imine (C=N–C) groups is 2. The number of ether oxygens (including phenoxy) is 1. The fraction of sp³-hybridized carbons (Fsp3) is 0.288. The van der Waals surface area contributed by atoms with E-state index in [9.17, 15) is 14.7 Å². The van der Waals surface area contributed by atoms with Gasteiger partial charge in [0, 0.05) is 189 Å². The Morgan fingerprint density at radius 2 is 0.876 bits per heavy atom. The van der Waals surface area contributed by atoms with Crippen molar-refractivity contribution in [1.29, 1.82) is 0 Å². The Kier molecular flexibility index (Phi) is 26.0. The number of rotatable bonds is 19. The number of benzene rings is 6. The Bertz CT molecular complexity index is 6590. The third kappa shape index (κ3) is 19.8. The number of hydrogen-bond acceptors (Lipinski definition) is 19. The molecular formula is C104H111N21O4. The average molecular weight is 1720 g/mol. The standard InChI is InChI=1S/C27H31N5O.2C26H29N5O.C25H22N6O/c1-18(2)31-14-11-21(12-15-31)20-4-6-23(7-5-20)30-24-8-9-25(22-10-13-28-26(33)16-22)32-19(3)17-29-27(24)32;1-18(2)30-14-10-20(11-15-30)19-3-5-22(6-4-19)29-23-7-8-24(31-16-13-28-26(23)31)21-9-12-27-25(32)17-21;1-19(2)29-14-16-30(17-15-29)22-8-6-21(7-9-22)28-24-10-11-25(31-13-12-27-26(24)31)20-4-3-5-23(32)18-20;1-6-21-23(27-10-9-26-21)17-18(1)24-8-7-22(25-28-11-12-31(24)25)29-19-2-4-20(5-3-19)30-13-15-32-16-14-30/h4-9,13,16-18,21,30H,10-12,14-15H2,1-3H3;3-9,12-13,16,18,20,29H,10-11,14-15,17H2,1-2H3;3-13,18-19,28,32H,14-17H2,1-2H3;1-12,17,29H,13-16H2. The molecule has 15 heterocycles. The summed E-state index contributed by atoms with van der Waals surface area (Å²) < 4.78 is 13.7. The Morgan fingerprint density at radius 1 is 0.419 bits per heavy atom. The van der Waals surface area contributed by atoms with Crippen LogP contribution in [0.5, 0.6) is 5.75 Å². The van der Waals surface area contributed by atoms with Gasteiger partial charge in [-0.1, -0.05) is 42.5 Å². The van der Waals surface area contributed by atoms with Gasteiger partial charge in [-0.25, -0.2) is 29.9 Å². The molecule has 0 atom stereocenters. The van der Waals surface area contributed by atoms with E-state index >= 15 is 0 Å². The molecule has 25 nitrogen and oxygen atoms in total. The van der Waals surface area contributed by atoms with Gasteiger partial charge in [0.15, 0.2) is 22.6 Å². The van der Waals surface area contributed by atoms with Crippen molar-refractivity contribution in [2.45, 2.75) is 117 Å². The molecule has 6 aliphatic rings. The number of fused-ring (bicyclic) bond motifs is 5. The van der Waals surface area contributed by atoms with E-state index in [1.807, 2.05) is 101 Å². The zero-order valence-corrected chi connectivity index (χ0v) is 74.3. The van der Waals surface area contributed by atoms with E-state index in [2.05, 4.69) is 263 Å². The summed E-state index contributed by atoms with van der Waals surface area (Å²) in [7, 11) is 0. The SMILES string of the molecule is CC(C)N1CCC(c2ccc(Nc3ccc(C4=CC=NC(=O)C4)n4ccnc34)cc2)CC1.CC(C)N1CCN(c2ccc(Nc3ccc(-c4cccc(O)c4)n4ccnc34)cc2)CC1.Cc1cnc2c(Nc3ccc(C4CCN(C(C)C)CC4)cc3)ccc(C3=CC(=O)N=CC3)n12.c1cnc2cc(-c3ccc(Nc4ccc(N5CCOCC5)cc4)c4nccn34)ccc2n1. The summed E-state index contributed by atoms with van der Waals surface area (Å²) in [4.78, 5) is 70.8. The lowest BCUT2D eigenvalue weighted by molar-refractivity contribution is -0.117. The number of piperazine rings is 1. The molecule has 129 heavy (non-hydrogen) atoms. The minimum Gasteiger partial charge on any atom is -0.508 e. The summed E-state index contributed by atoms with van der Waals surface area (Å²) in [5, 5.41) is 24.0. The van der Waals surface area contributed by atoms with E-state index in [4.69, 9.17) is 4.74 Å². The number of phenolic OH excluding ortho intramolecular Hbond substituents is 1. The largest absolute Gasteiger partial charge is 0.508 e. The van der Waals surface area contributed by atoms with E-state index in [0.29, 0.717) is 42.8 Å². The molecule has 15 aromatic rings. The summed E-state index contributed by atoms with van der Waals surface area (Å²) in [5.74, 6) is 1.22. The monoisotopic (exact) mass is 1720 g/mol. The van der Waals surface area contributed by atoms with E-state index in [0.717, 1.165) is 182 Å². The van der Waals surface area contributed by atoms with Gasteiger partial charge >= 0.3 is 0 Å². The number of piperidine rings is 2. The first kappa shape index (κ1) is 85.8. The van der Waals surface area contributed by atoms with Crippen molar-refractivity contribution < 1.29 is 19.4 Å². The molecule has 4 saturated heterocycles. The van der Waals surface area contributed by atoms with Crippen LogP contribution >= 0.6 is 0 Å². The summed E-state index contributed by atoms with van der Waals surface area (Å²) in [6, 6.07) is 66.6. The number of nitrogens with one attached hydrogen (secondary N) is 4. The minimum atomic E-state index is -0.209. The van der Waals surface area contributed by atoms with Crippen LogP contribution in [0.3, 0.4) is 0 Å². The normalized spacial score (nSPS) is 16.2. The number of morpholine rings is 1. The summed E-state index contributed by atoms with van der Waals surface area (Å²) in [6.45, 7) is 28.2. The van der Waals surface area contributed by atoms with Gasteiger partial charge in [0.05, 0.1) is 76.2 Å². The van der Waals surface area contributed by atoms with Crippen LogP contribution in [0.4, 0.5) is 56.9 Å². The highest BCUT2D eigenvalue weighted by atomic mass is 16.5. The lowest BCUT2D eigenvalue weighted by atomic mass is 9.89. The molecule has 0 bridgehead atoms. The Morgan fingerprint density at radius 3 is 1.37 bits per heavy atom. The molecule has 2 amide bonds. The van der Waals surface area contributed by atoms with E-state index in [1.54, 1.807) is 55.4 Å². The predicted octanol–water partition coefficient (Wildman–Crippen LogP) is 19.9. The zero-order valence-electron chi connectivity index (χ0n) is 74.3. The molecule has 4 fully saturated rings. The van der Waals surface area contributed by atoms with Crippen molar-refractivity contribution in [2.75, 3.05) is 110 Å². The fourth-order valence-corrected chi connectivity index (χ4v) is 18.4. The topological polar surface area (TPSA) is 248 Å². The number of anilines is 10. The van der Waals surface area contributed by atoms with Crippen LogP contribution in [0, 0.1) is 6.92 Å². The maximum atomic E-state index is 11.8. The number of aromatic nitrogens is 10. The smallest absolute Gasteiger partial charge is 0.269 e. The Hall–Kier alpha value is -14.0. The number of phenols is 1. The van der Waals surface area contributed by atoms with Crippen LogP contribution in [0.15, 0.2) is 266 Å². The van der Waals surface area contributed by atoms with Gasteiger partial charge < -0.3 is 50.7 Å². The molecule has 21 rings (SSSR count). The number of aryl methyl sites for hydroxylation is 1. The first-order valence-corrected chi connectivity index (χ1v) is 45.2. The number of dihydropyridines is 2. The van der Waals surface area contributed by atoms with Crippen molar-refractivity contribution in [3.8, 4) is 28.3 Å². The highest BCUT2D eigenvalue weighted by molar-refractivity contribution is 6.06. The molecule has 9 aromatic heterocycles. The first-order valence-electron chi connectivity index (χ1n) is 45.2. The van der Waals surface area contributed by atoms with Crippen LogP contribution in [0.1, 0.15) is 120 Å². The molecule has 0 saturated carbocycles. The average Bonchev–Trinajstić information content (AvgIpc) is 1.84. The number of hydrogen-bond donors (Lipinski definition) is 5. The summed E-state index contributed by atoms with van der Waals surface area (Å²) in [6.07, 6.45) is 29.2. The second-order valence-electron chi connectivity index (χ2n) is 34.7. The van der Waals surface area contributed by atoms with E-state index < -0.39 is 0 Å². The molecule has 6 aromatic carbocycles. The highest BCUT2D eigenvalue weighted by Crippen LogP contribution is 2.38. The van der Waals surface area contributed by atoms with E-state index in [1.165, 1.54) is 74.4 Å². The number of allylic oxidation sites excluding steroid dienone is 2. The lowest BCUT2D eigenvalue weighted by Gasteiger charge is -2.38. The van der Waals surface area contributed by atoms with Gasteiger partial charge in [-0.2, -0.15) is 0 Å². The molecule has 0 radical (unpaired) electrons. The predicted molar refractivity (Wildman–Crippen MR) is 522 cm³/mol. The van der Waals surface area contributed by atoms with Crippen LogP contribution in [-0.4, -0.2) is 188 Å². The number of nitrogens with zero attached hydrogens (tertiary/aromatic N) is 17. The summed E-state index contributed by atoms with van der Waals surface area (Å²) in [5.41, 5.74) is 27.4. The zero-order chi connectivity index (χ0) is 88.4. The number of likely N-dealkylation sites (tertiary alicyclic amines) is 2. The minimum absolute atomic E-state index is 0.118. The quantitative estimate of drug-likeness (QED) is 0.0505. The highest BCUT2D eigenvalue weighted by Gasteiger charge is 2.27. The van der Waals surface area contributed by atoms with Gasteiger partial charge in [0.1, 0.15) is 5.75 Å². The Labute approximate surface area is 752 Å². The molecule has 656 valence electrons. The van der Waals surface area contributed by atoms with Crippen LogP contribution in [0.2, 0.25) is 0 Å². The second-order valence-corrected chi connectivity index (χ2v) is 34.7. The van der Waals surface area contributed by atoms with Gasteiger partial charge in [-0.05, 0) is 286 Å². The van der Waals surface area contributed by atoms with Gasteiger partial charge in [-0.15, -0.1) is 0 Å². The molecular weight excluding hydrogens is 1610 g/mol. The number of carbonyl (C=O) groups is 2. The van der Waals surface area contributed by atoms with Crippen molar-refractivity contribution in [3.63, 3.8) is 0 Å². The maximum absolute atomic E-state index is 11.8. The lowest BCUT2D eigenvalue weighted by Crippen LogP contribution is -2.48. The van der Waals surface area contributed by atoms with Gasteiger partial charge in [0.2, 0.25) is 5.91 Å². The number of carbonyl (C=O) groups excluding carboxylic acids is 2. The fourth-order valence-electron chi connectivity index (χ4n) is 18.4. The third-order valence-corrected chi connectivity index (χ3v) is 25.6. The van der Waals surface area contributed by atoms with Crippen LogP contribution in [-0.2, 0) is 14.3 Å². The number of pyridine rings is 4. The van der Waals surface area contributed by atoms with Gasteiger partial charge in [-0.3, -0.25) is 42.1 Å². The number of imidazole rings is 4. The first-order chi connectivity index (χ1) is 63.0. The molecule has 25 heteroatoms. The van der Waals surface area contributed by atoms with E-state index in [-0.39, 0.29) is 17.6 Å². The van der Waals surface area contributed by atoms with Crippen molar-refractivity contribution >= 4 is 126 Å². The molecule has 0 spiro atoms. The molecule has 0 unspecified atom stereocenters. The molecule has 0 aliphatic carbocycles. The molecule has 5 N–H and O–H groups in total. The number of aromatic hydroxyl groups is 1. The van der Waals surface area contributed by atoms with Crippen LogP contribution in [0.25, 0.3) is 67.3 Å². The van der Waals surface area contributed by atoms with Gasteiger partial charge in [0.25, 0.3) is 5.91 Å². The van der Waals surface area contributed by atoms with Crippen molar-refractivity contribution in [2.24, 2.45) is 9.98 Å². The number of amides is 2. The van der Waals surface area contributed by atoms with Crippen molar-refractivity contribution in [1.82, 2.24) is 62.2 Å². The molecule has 6 aliphatic heterocycles. The second kappa shape index (κ2) is 39.1. The Balaban J connectivity index is 0.000000116. The summed E-state index contributed by atoms with van der Waals surface area (Å²) >= 11 is 0. The third-order valence-electron chi connectivity index (χ3n) is 25.6.